The predicted molar refractivity (Wildman–Crippen MR) is 185 cm³/mol. The van der Waals surface area contributed by atoms with Crippen molar-refractivity contribution >= 4 is 34.9 Å². The van der Waals surface area contributed by atoms with E-state index in [0.29, 0.717) is 66.9 Å². The largest absolute Gasteiger partial charge is 0.481 e. The zero-order valence-corrected chi connectivity index (χ0v) is 27.7. The molecule has 2 atom stereocenters. The highest BCUT2D eigenvalue weighted by Gasteiger charge is 2.22. The Labute approximate surface area is 284 Å². The molecule has 2 aromatic heterocycles. The maximum absolute atomic E-state index is 15.5. The van der Waals surface area contributed by atoms with E-state index in [4.69, 9.17) is 21.3 Å². The Hall–Kier alpha value is -4.58. The average molecular weight is 672 g/mol. The van der Waals surface area contributed by atoms with Crippen molar-refractivity contribution in [3.05, 3.63) is 88.3 Å². The highest BCUT2D eigenvalue weighted by atomic mass is 35.5. The molecule has 2 aliphatic rings. The zero-order valence-electron chi connectivity index (χ0n) is 27.0. The third-order valence-electron chi connectivity index (χ3n) is 8.84. The van der Waals surface area contributed by atoms with Crippen LogP contribution >= 0.6 is 11.6 Å². The number of pyridine rings is 2. The lowest BCUT2D eigenvalue weighted by atomic mass is 9.96. The minimum atomic E-state index is -0.436. The first-order chi connectivity index (χ1) is 23.3. The Morgan fingerprint density at radius 1 is 0.875 bits per heavy atom. The van der Waals surface area contributed by atoms with E-state index in [9.17, 15) is 9.59 Å². The summed E-state index contributed by atoms with van der Waals surface area (Å²) in [6.45, 7) is 4.06. The monoisotopic (exact) mass is 671 g/mol. The molecule has 2 aromatic carbocycles. The van der Waals surface area contributed by atoms with Crippen molar-refractivity contribution in [1.29, 1.82) is 0 Å². The summed E-state index contributed by atoms with van der Waals surface area (Å²) >= 11 is 7.06. The van der Waals surface area contributed by atoms with E-state index in [-0.39, 0.29) is 29.7 Å². The topological polar surface area (TPSA) is 129 Å². The van der Waals surface area contributed by atoms with E-state index in [2.05, 4.69) is 31.6 Å². The summed E-state index contributed by atoms with van der Waals surface area (Å²) in [7, 11) is 1.59. The number of carbonyl (C=O) groups is 2. The smallest absolute Gasteiger partial charge is 0.220 e. The minimum Gasteiger partial charge on any atom is -0.481 e. The third-order valence-corrected chi connectivity index (χ3v) is 9.24. The summed E-state index contributed by atoms with van der Waals surface area (Å²) in [6, 6.07) is 17.3. The van der Waals surface area contributed by atoms with E-state index in [1.165, 1.54) is 0 Å². The zero-order chi connectivity index (χ0) is 33.6. The van der Waals surface area contributed by atoms with Gasteiger partial charge in [0, 0.05) is 85.2 Å². The molecular weight excluding hydrogens is 633 g/mol. The van der Waals surface area contributed by atoms with Crippen molar-refractivity contribution in [3.8, 4) is 28.3 Å². The van der Waals surface area contributed by atoms with Crippen LogP contribution < -0.4 is 31.3 Å². The van der Waals surface area contributed by atoms with Crippen molar-refractivity contribution in [2.45, 2.75) is 57.8 Å². The quantitative estimate of drug-likeness (QED) is 0.128. The lowest BCUT2D eigenvalue weighted by Crippen LogP contribution is -2.35. The number of carbonyl (C=O) groups excluding carboxylic acids is 2. The number of amides is 2. The number of methoxy groups -OCH3 is 1. The molecule has 0 unspecified atom stereocenters. The number of aromatic nitrogens is 2. The van der Waals surface area contributed by atoms with Gasteiger partial charge in [-0.05, 0) is 49.1 Å². The van der Waals surface area contributed by atoms with Gasteiger partial charge in [0.25, 0.3) is 0 Å². The van der Waals surface area contributed by atoms with Crippen LogP contribution in [0.2, 0.25) is 5.02 Å². The molecule has 2 saturated heterocycles. The van der Waals surface area contributed by atoms with Crippen molar-refractivity contribution in [3.63, 3.8) is 0 Å². The van der Waals surface area contributed by atoms with Crippen LogP contribution in [0.15, 0.2) is 60.8 Å². The molecule has 0 spiro atoms. The number of hydrogen-bond donors (Lipinski definition) is 5. The number of hydrogen-bond acceptors (Lipinski definition) is 8. The molecule has 2 fully saturated rings. The van der Waals surface area contributed by atoms with Gasteiger partial charge in [-0.1, -0.05) is 48.0 Å². The van der Waals surface area contributed by atoms with Crippen LogP contribution in [0.1, 0.15) is 42.4 Å². The summed E-state index contributed by atoms with van der Waals surface area (Å²) in [4.78, 5) is 32.0. The molecule has 12 heteroatoms. The summed E-state index contributed by atoms with van der Waals surface area (Å²) in [5.74, 6) is 0.335. The van der Waals surface area contributed by atoms with Gasteiger partial charge in [0.05, 0.1) is 17.8 Å². The highest BCUT2D eigenvalue weighted by Crippen LogP contribution is 2.39. The van der Waals surface area contributed by atoms with Gasteiger partial charge in [-0.25, -0.2) is 14.4 Å². The van der Waals surface area contributed by atoms with Gasteiger partial charge in [-0.15, -0.1) is 0 Å². The maximum atomic E-state index is 15.5. The van der Waals surface area contributed by atoms with Gasteiger partial charge in [0.1, 0.15) is 0 Å². The summed E-state index contributed by atoms with van der Waals surface area (Å²) in [5.41, 5.74) is 6.08. The Bertz CT molecular complexity index is 1820. The van der Waals surface area contributed by atoms with E-state index in [1.54, 1.807) is 19.4 Å². The highest BCUT2D eigenvalue weighted by molar-refractivity contribution is 6.36. The minimum absolute atomic E-state index is 0.0533. The molecule has 6 rings (SSSR count). The normalized spacial score (nSPS) is 17.3. The molecule has 48 heavy (non-hydrogen) atoms. The van der Waals surface area contributed by atoms with Crippen LogP contribution in [0, 0.1) is 12.7 Å². The number of halogens is 2. The van der Waals surface area contributed by atoms with Crippen LogP contribution in [0.25, 0.3) is 22.4 Å². The number of nitrogens with zero attached hydrogens (tertiary/aromatic N) is 2. The average Bonchev–Trinajstić information content (AvgIpc) is 3.70. The molecule has 0 radical (unpaired) electrons. The molecule has 4 heterocycles. The summed E-state index contributed by atoms with van der Waals surface area (Å²) in [6.07, 6.45) is 4.28. The first-order valence-corrected chi connectivity index (χ1v) is 16.5. The molecule has 250 valence electrons. The van der Waals surface area contributed by atoms with Crippen LogP contribution in [0.5, 0.6) is 5.88 Å². The SMILES string of the molecule is COc1nc(-c2cccc(-c3cccc(Nc4nccc(CNC[C@@H]5CCC(=O)N5)c4F)c3C)c2Cl)ccc1CNC[C@@H]1CCC(=O)N1. The number of rotatable bonds is 13. The first-order valence-electron chi connectivity index (χ1n) is 16.1. The number of anilines is 2. The Balaban J connectivity index is 1.17. The van der Waals surface area contributed by atoms with Crippen molar-refractivity contribution in [2.75, 3.05) is 25.5 Å². The number of ether oxygens (including phenoxy) is 1. The van der Waals surface area contributed by atoms with Gasteiger partial charge in [-0.3, -0.25) is 9.59 Å². The van der Waals surface area contributed by atoms with Gasteiger partial charge in [0.15, 0.2) is 11.6 Å². The lowest BCUT2D eigenvalue weighted by Gasteiger charge is -2.17. The molecule has 5 N–H and O–H groups in total. The number of benzene rings is 2. The molecule has 2 aliphatic heterocycles. The Kier molecular flexibility index (Phi) is 10.5. The fraction of sp³-hybridized carbons (Fsp3) is 0.333. The van der Waals surface area contributed by atoms with E-state index in [0.717, 1.165) is 40.7 Å². The molecule has 0 saturated carbocycles. The second-order valence-electron chi connectivity index (χ2n) is 12.1. The first kappa shape index (κ1) is 33.3. The van der Waals surface area contributed by atoms with Gasteiger partial charge in [-0.2, -0.15) is 0 Å². The van der Waals surface area contributed by atoms with Crippen LogP contribution in [0.3, 0.4) is 0 Å². The Morgan fingerprint density at radius 2 is 1.52 bits per heavy atom. The van der Waals surface area contributed by atoms with Gasteiger partial charge >= 0.3 is 0 Å². The van der Waals surface area contributed by atoms with E-state index in [1.807, 2.05) is 55.5 Å². The van der Waals surface area contributed by atoms with Gasteiger partial charge < -0.3 is 31.3 Å². The van der Waals surface area contributed by atoms with Crippen molar-refractivity contribution in [2.24, 2.45) is 0 Å². The van der Waals surface area contributed by atoms with Gasteiger partial charge in [0.2, 0.25) is 17.7 Å². The molecular formula is C36H39ClFN7O3. The van der Waals surface area contributed by atoms with E-state index < -0.39 is 5.82 Å². The second-order valence-corrected chi connectivity index (χ2v) is 12.5. The standard InChI is InChI=1S/C36H39ClFN7O3/c1-21-26(5-4-8-29(21)44-35-34(38)22(15-16-41-35)17-39-19-24-10-13-31(46)42-24)27-6-3-7-28(33(27)37)30-12-9-23(36(45-30)48-2)18-40-20-25-11-14-32(47)43-25/h3-9,12,15-16,24-25,39-40H,10-11,13-14,17-20H2,1-2H3,(H,41,44)(H,42,46)(H,43,47)/t24-,25-/m0/s1. The molecule has 2 amide bonds. The maximum Gasteiger partial charge on any atom is 0.220 e. The molecule has 10 nitrogen and oxygen atoms in total. The second kappa shape index (κ2) is 15.1. The van der Waals surface area contributed by atoms with Crippen molar-refractivity contribution in [1.82, 2.24) is 31.2 Å². The molecule has 0 aliphatic carbocycles. The Morgan fingerprint density at radius 3 is 2.19 bits per heavy atom. The number of nitrogens with one attached hydrogen (secondary N) is 5. The molecule has 0 bridgehead atoms. The summed E-state index contributed by atoms with van der Waals surface area (Å²) in [5, 5.41) is 16.2. The van der Waals surface area contributed by atoms with Crippen LogP contribution in [0.4, 0.5) is 15.9 Å². The third kappa shape index (κ3) is 7.59. The fourth-order valence-corrected chi connectivity index (χ4v) is 6.51. The van der Waals surface area contributed by atoms with Crippen molar-refractivity contribution < 1.29 is 18.7 Å². The van der Waals surface area contributed by atoms with E-state index >= 15 is 4.39 Å². The van der Waals surface area contributed by atoms with Crippen LogP contribution in [-0.2, 0) is 22.7 Å². The lowest BCUT2D eigenvalue weighted by molar-refractivity contribution is -0.120. The fourth-order valence-electron chi connectivity index (χ4n) is 6.19. The molecule has 4 aromatic rings. The predicted octanol–water partition coefficient (Wildman–Crippen LogP) is 5.40. The summed E-state index contributed by atoms with van der Waals surface area (Å²) < 4.78 is 21.2. The van der Waals surface area contributed by atoms with Crippen LogP contribution in [-0.4, -0.2) is 54.1 Å².